The number of rotatable bonds is 3. The lowest BCUT2D eigenvalue weighted by atomic mass is 10.1. The van der Waals surface area contributed by atoms with E-state index in [0.29, 0.717) is 0 Å². The van der Waals surface area contributed by atoms with Gasteiger partial charge in [-0.15, -0.1) is 0 Å². The first-order chi connectivity index (χ1) is 8.87. The summed E-state index contributed by atoms with van der Waals surface area (Å²) in [6.07, 6.45) is 0.289. The van der Waals surface area contributed by atoms with E-state index in [9.17, 15) is 18.0 Å². The highest BCUT2D eigenvalue weighted by Gasteiger charge is 2.35. The SMILES string of the molecule is O=C(O)Cc1cnc(N2CCC(F)(F)CC2)c(F)c1. The molecule has 0 aromatic carbocycles. The van der Waals surface area contributed by atoms with Gasteiger partial charge in [0.25, 0.3) is 5.92 Å². The predicted molar refractivity (Wildman–Crippen MR) is 61.9 cm³/mol. The number of carboxylic acids is 1. The van der Waals surface area contributed by atoms with Gasteiger partial charge >= 0.3 is 5.97 Å². The fourth-order valence-corrected chi connectivity index (χ4v) is 2.02. The van der Waals surface area contributed by atoms with Gasteiger partial charge in [-0.05, 0) is 11.6 Å². The number of piperidine rings is 1. The molecule has 1 aromatic heterocycles. The summed E-state index contributed by atoms with van der Waals surface area (Å²) < 4.78 is 39.8. The molecule has 1 fully saturated rings. The van der Waals surface area contributed by atoms with Crippen molar-refractivity contribution in [2.75, 3.05) is 18.0 Å². The van der Waals surface area contributed by atoms with Crippen LogP contribution < -0.4 is 4.90 Å². The number of aromatic nitrogens is 1. The van der Waals surface area contributed by atoms with Crippen LogP contribution in [0.3, 0.4) is 0 Å². The minimum atomic E-state index is -2.70. The molecule has 19 heavy (non-hydrogen) atoms. The molecule has 0 bridgehead atoms. The Kier molecular flexibility index (Phi) is 3.64. The maximum absolute atomic E-state index is 13.8. The first kappa shape index (κ1) is 13.6. The number of halogens is 3. The van der Waals surface area contributed by atoms with Gasteiger partial charge in [0, 0.05) is 32.1 Å². The van der Waals surface area contributed by atoms with E-state index in [1.165, 1.54) is 11.1 Å². The Morgan fingerprint density at radius 1 is 1.42 bits per heavy atom. The average Bonchev–Trinajstić information content (AvgIpc) is 2.29. The lowest BCUT2D eigenvalue weighted by Crippen LogP contribution is -2.40. The molecule has 0 atom stereocenters. The quantitative estimate of drug-likeness (QED) is 0.917. The normalized spacial score (nSPS) is 18.4. The fraction of sp³-hybridized carbons (Fsp3) is 0.500. The van der Waals surface area contributed by atoms with Crippen molar-refractivity contribution in [2.24, 2.45) is 0 Å². The monoisotopic (exact) mass is 274 g/mol. The van der Waals surface area contributed by atoms with Crippen molar-refractivity contribution in [2.45, 2.75) is 25.2 Å². The number of alkyl halides is 2. The molecule has 1 aliphatic rings. The Hall–Kier alpha value is -1.79. The lowest BCUT2D eigenvalue weighted by molar-refractivity contribution is -0.136. The molecule has 2 rings (SSSR count). The van der Waals surface area contributed by atoms with E-state index in [1.54, 1.807) is 0 Å². The van der Waals surface area contributed by atoms with Crippen LogP contribution in [0.15, 0.2) is 12.3 Å². The smallest absolute Gasteiger partial charge is 0.307 e. The Bertz CT molecular complexity index is 484. The summed E-state index contributed by atoms with van der Waals surface area (Å²) in [5.41, 5.74) is 0.246. The van der Waals surface area contributed by atoms with E-state index in [1.807, 2.05) is 0 Å². The molecule has 1 aliphatic heterocycles. The fourth-order valence-electron chi connectivity index (χ4n) is 2.02. The highest BCUT2D eigenvalue weighted by Crippen LogP contribution is 2.30. The summed E-state index contributed by atoms with van der Waals surface area (Å²) in [6.45, 7) is 0.0738. The predicted octanol–water partition coefficient (Wildman–Crippen LogP) is 2.08. The van der Waals surface area contributed by atoms with Crippen molar-refractivity contribution in [1.29, 1.82) is 0 Å². The molecule has 0 radical (unpaired) electrons. The van der Waals surface area contributed by atoms with Gasteiger partial charge in [0.2, 0.25) is 0 Å². The molecule has 1 saturated heterocycles. The minimum absolute atomic E-state index is 0.00430. The zero-order valence-electron chi connectivity index (χ0n) is 10.1. The molecule has 1 aromatic rings. The molecule has 104 valence electrons. The van der Waals surface area contributed by atoms with Crippen LogP contribution in [-0.2, 0) is 11.2 Å². The van der Waals surface area contributed by atoms with Crippen molar-refractivity contribution in [3.63, 3.8) is 0 Å². The van der Waals surface area contributed by atoms with Crippen LogP contribution in [0.25, 0.3) is 0 Å². The topological polar surface area (TPSA) is 53.4 Å². The van der Waals surface area contributed by atoms with Gasteiger partial charge in [-0.3, -0.25) is 4.79 Å². The van der Waals surface area contributed by atoms with Gasteiger partial charge in [-0.1, -0.05) is 0 Å². The molecule has 2 heterocycles. The molecule has 0 aliphatic carbocycles. The van der Waals surface area contributed by atoms with Gasteiger partial charge in [0.15, 0.2) is 11.6 Å². The summed E-state index contributed by atoms with van der Waals surface area (Å²) >= 11 is 0. The van der Waals surface area contributed by atoms with E-state index in [4.69, 9.17) is 5.11 Å². The van der Waals surface area contributed by atoms with Gasteiger partial charge in [-0.25, -0.2) is 18.2 Å². The van der Waals surface area contributed by atoms with E-state index >= 15 is 0 Å². The second kappa shape index (κ2) is 5.07. The van der Waals surface area contributed by atoms with Crippen LogP contribution in [0, 0.1) is 5.82 Å². The third-order valence-electron chi connectivity index (χ3n) is 3.03. The molecular weight excluding hydrogens is 261 g/mol. The maximum Gasteiger partial charge on any atom is 0.307 e. The second-order valence-corrected chi connectivity index (χ2v) is 4.56. The van der Waals surface area contributed by atoms with Crippen LogP contribution in [0.1, 0.15) is 18.4 Å². The minimum Gasteiger partial charge on any atom is -0.481 e. The Balaban J connectivity index is 2.11. The summed E-state index contributed by atoms with van der Waals surface area (Å²) in [5, 5.41) is 8.59. The van der Waals surface area contributed by atoms with Gasteiger partial charge in [0.1, 0.15) is 0 Å². The Labute approximate surface area is 107 Å². The molecule has 1 N–H and O–H groups in total. The number of anilines is 1. The Morgan fingerprint density at radius 2 is 2.05 bits per heavy atom. The van der Waals surface area contributed by atoms with E-state index in [-0.39, 0.29) is 43.7 Å². The van der Waals surface area contributed by atoms with E-state index < -0.39 is 17.7 Å². The van der Waals surface area contributed by atoms with E-state index in [0.717, 1.165) is 6.07 Å². The summed E-state index contributed by atoms with van der Waals surface area (Å²) in [6, 6.07) is 1.09. The average molecular weight is 274 g/mol. The highest BCUT2D eigenvalue weighted by molar-refractivity contribution is 5.70. The van der Waals surface area contributed by atoms with Crippen molar-refractivity contribution in [1.82, 2.24) is 4.98 Å². The second-order valence-electron chi connectivity index (χ2n) is 4.56. The van der Waals surface area contributed by atoms with Crippen LogP contribution in [0.5, 0.6) is 0 Å². The van der Waals surface area contributed by atoms with Crippen LogP contribution >= 0.6 is 0 Å². The number of hydrogen-bond acceptors (Lipinski definition) is 3. The molecule has 0 unspecified atom stereocenters. The van der Waals surface area contributed by atoms with Gasteiger partial charge < -0.3 is 10.0 Å². The number of carbonyl (C=O) groups is 1. The summed E-state index contributed by atoms with van der Waals surface area (Å²) in [5.74, 6) is -4.45. The molecule has 0 spiro atoms. The van der Waals surface area contributed by atoms with Crippen molar-refractivity contribution < 1.29 is 23.1 Å². The van der Waals surface area contributed by atoms with Gasteiger partial charge in [0.05, 0.1) is 6.42 Å². The largest absolute Gasteiger partial charge is 0.481 e. The zero-order valence-corrected chi connectivity index (χ0v) is 10.1. The standard InChI is InChI=1S/C12H13F3N2O2/c13-9-5-8(6-10(18)19)7-16-11(9)17-3-1-12(14,15)2-4-17/h5,7H,1-4,6H2,(H,18,19). The first-order valence-corrected chi connectivity index (χ1v) is 5.86. The Morgan fingerprint density at radius 3 is 2.58 bits per heavy atom. The zero-order chi connectivity index (χ0) is 14.0. The number of carboxylic acid groups (broad SMARTS) is 1. The molecule has 7 heteroatoms. The molecular formula is C12H13F3N2O2. The van der Waals surface area contributed by atoms with Crippen molar-refractivity contribution in [3.8, 4) is 0 Å². The van der Waals surface area contributed by atoms with Gasteiger partial charge in [-0.2, -0.15) is 0 Å². The van der Waals surface area contributed by atoms with Crippen molar-refractivity contribution >= 4 is 11.8 Å². The number of hydrogen-bond donors (Lipinski definition) is 1. The molecule has 0 amide bonds. The maximum atomic E-state index is 13.8. The van der Waals surface area contributed by atoms with Crippen LogP contribution in [-0.4, -0.2) is 35.1 Å². The summed E-state index contributed by atoms with van der Waals surface area (Å²) in [4.78, 5) is 15.8. The van der Waals surface area contributed by atoms with Crippen LogP contribution in [0.4, 0.5) is 19.0 Å². The van der Waals surface area contributed by atoms with Crippen molar-refractivity contribution in [3.05, 3.63) is 23.6 Å². The third-order valence-corrected chi connectivity index (χ3v) is 3.03. The van der Waals surface area contributed by atoms with Crippen LogP contribution in [0.2, 0.25) is 0 Å². The number of pyridine rings is 1. The third kappa shape index (κ3) is 3.36. The van der Waals surface area contributed by atoms with E-state index in [2.05, 4.69) is 4.98 Å². The first-order valence-electron chi connectivity index (χ1n) is 5.86. The molecule has 4 nitrogen and oxygen atoms in total. The molecule has 0 saturated carbocycles. The number of nitrogens with zero attached hydrogens (tertiary/aromatic N) is 2. The summed E-state index contributed by atoms with van der Waals surface area (Å²) in [7, 11) is 0. The lowest BCUT2D eigenvalue weighted by Gasteiger charge is -2.32. The number of aliphatic carboxylic acids is 1. The highest BCUT2D eigenvalue weighted by atomic mass is 19.3.